The number of nitrogens with zero attached hydrogens (tertiary/aromatic N) is 3. The van der Waals surface area contributed by atoms with Gasteiger partial charge in [-0.05, 0) is 31.7 Å². The number of rotatable bonds is 7. The summed E-state index contributed by atoms with van der Waals surface area (Å²) in [6.07, 6.45) is 6.22. The van der Waals surface area contributed by atoms with Crippen molar-refractivity contribution in [2.75, 3.05) is 13.2 Å². The zero-order valence-corrected chi connectivity index (χ0v) is 13.1. The molecule has 0 unspecified atom stereocenters. The molecule has 6 heteroatoms. The Kier molecular flexibility index (Phi) is 4.73. The average molecular weight is 312 g/mol. The highest BCUT2D eigenvalue weighted by Crippen LogP contribution is 2.23. The fraction of sp³-hybridized carbons (Fsp3) is 0.294. The van der Waals surface area contributed by atoms with E-state index in [1.54, 1.807) is 12.6 Å². The third-order valence-electron chi connectivity index (χ3n) is 3.38. The lowest BCUT2D eigenvalue weighted by Gasteiger charge is -2.03. The fourth-order valence-corrected chi connectivity index (χ4v) is 2.35. The van der Waals surface area contributed by atoms with Crippen molar-refractivity contribution >= 4 is 0 Å². The Bertz CT molecular complexity index is 763. The number of ether oxygens (including phenoxy) is 1. The first kappa shape index (κ1) is 15.3. The van der Waals surface area contributed by atoms with Crippen molar-refractivity contribution in [3.63, 3.8) is 0 Å². The van der Waals surface area contributed by atoms with Crippen molar-refractivity contribution in [3.05, 3.63) is 54.4 Å². The Morgan fingerprint density at radius 3 is 3.04 bits per heavy atom. The van der Waals surface area contributed by atoms with E-state index < -0.39 is 0 Å². The maximum atomic E-state index is 5.59. The van der Waals surface area contributed by atoms with Gasteiger partial charge in [0.1, 0.15) is 12.0 Å². The Morgan fingerprint density at radius 1 is 1.30 bits per heavy atom. The van der Waals surface area contributed by atoms with E-state index >= 15 is 0 Å². The second kappa shape index (κ2) is 7.11. The number of nitrogens with two attached hydrogens (primary N) is 1. The van der Waals surface area contributed by atoms with Gasteiger partial charge in [0.25, 0.3) is 0 Å². The quantitative estimate of drug-likeness (QED) is 0.725. The third kappa shape index (κ3) is 3.78. The molecule has 2 aromatic heterocycles. The predicted octanol–water partition coefficient (Wildman–Crippen LogP) is 2.49. The summed E-state index contributed by atoms with van der Waals surface area (Å²) in [4.78, 5) is 8.84. The van der Waals surface area contributed by atoms with E-state index in [-0.39, 0.29) is 0 Å². The molecular formula is C17H20N4O2. The lowest BCUT2D eigenvalue weighted by Crippen LogP contribution is -2.02. The smallest absolute Gasteiger partial charge is 0.226 e. The molecule has 0 amide bonds. The molecule has 0 atom stereocenters. The van der Waals surface area contributed by atoms with Gasteiger partial charge in [-0.15, -0.1) is 0 Å². The molecule has 0 aliphatic rings. The van der Waals surface area contributed by atoms with Crippen LogP contribution in [0, 0.1) is 0 Å². The molecule has 0 fully saturated rings. The summed E-state index contributed by atoms with van der Waals surface area (Å²) < 4.78 is 13.1. The van der Waals surface area contributed by atoms with Gasteiger partial charge in [-0.2, -0.15) is 0 Å². The Morgan fingerprint density at radius 2 is 2.22 bits per heavy atom. The maximum Gasteiger partial charge on any atom is 0.226 e. The Hall–Kier alpha value is -2.60. The van der Waals surface area contributed by atoms with Crippen molar-refractivity contribution < 1.29 is 9.15 Å². The summed E-state index contributed by atoms with van der Waals surface area (Å²) in [6, 6.07) is 7.73. The van der Waals surface area contributed by atoms with E-state index in [1.165, 1.54) is 0 Å². The molecule has 0 saturated carbocycles. The molecule has 0 saturated heterocycles. The fourth-order valence-electron chi connectivity index (χ4n) is 2.35. The lowest BCUT2D eigenvalue weighted by molar-refractivity contribution is 0.340. The topological polar surface area (TPSA) is 79.1 Å². The number of hydrogen-bond acceptors (Lipinski definition) is 5. The van der Waals surface area contributed by atoms with Crippen LogP contribution in [0.5, 0.6) is 5.75 Å². The normalized spacial score (nSPS) is 10.9. The zero-order chi connectivity index (χ0) is 16.1. The number of aromatic nitrogens is 3. The Balaban J connectivity index is 1.73. The van der Waals surface area contributed by atoms with Crippen LogP contribution in [0.25, 0.3) is 11.5 Å². The summed E-state index contributed by atoms with van der Waals surface area (Å²) in [5, 5.41) is 0. The first-order valence-electron chi connectivity index (χ1n) is 7.67. The number of oxazole rings is 1. The van der Waals surface area contributed by atoms with Gasteiger partial charge in [-0.3, -0.25) is 0 Å². The molecular weight excluding hydrogens is 292 g/mol. The standard InChI is InChI=1S/C17H20N4O2/c1-2-22-16-5-3-4-13(8-16)17-20-15(11-23-17)10-21-9-14(6-7-18)19-12-21/h3-5,8-9,11-12H,2,6-7,10,18H2,1H3. The number of hydrogen-bond donors (Lipinski definition) is 1. The number of benzene rings is 1. The van der Waals surface area contributed by atoms with E-state index in [2.05, 4.69) is 9.97 Å². The third-order valence-corrected chi connectivity index (χ3v) is 3.38. The van der Waals surface area contributed by atoms with Crippen LogP contribution in [0.3, 0.4) is 0 Å². The van der Waals surface area contributed by atoms with Gasteiger partial charge >= 0.3 is 0 Å². The first-order valence-corrected chi connectivity index (χ1v) is 7.67. The molecule has 6 nitrogen and oxygen atoms in total. The molecule has 0 spiro atoms. The minimum atomic E-state index is 0.587. The largest absolute Gasteiger partial charge is 0.494 e. The molecule has 120 valence electrons. The number of imidazole rings is 1. The monoisotopic (exact) mass is 312 g/mol. The van der Waals surface area contributed by atoms with Crippen LogP contribution >= 0.6 is 0 Å². The van der Waals surface area contributed by atoms with E-state index in [0.29, 0.717) is 25.6 Å². The minimum Gasteiger partial charge on any atom is -0.494 e. The first-order chi connectivity index (χ1) is 11.3. The summed E-state index contributed by atoms with van der Waals surface area (Å²) >= 11 is 0. The van der Waals surface area contributed by atoms with E-state index in [9.17, 15) is 0 Å². The summed E-state index contributed by atoms with van der Waals surface area (Å²) in [5.74, 6) is 1.40. The van der Waals surface area contributed by atoms with Crippen LogP contribution in [0.15, 0.2) is 47.5 Å². The van der Waals surface area contributed by atoms with Crippen molar-refractivity contribution in [3.8, 4) is 17.2 Å². The molecule has 0 aliphatic carbocycles. The predicted molar refractivity (Wildman–Crippen MR) is 87.2 cm³/mol. The van der Waals surface area contributed by atoms with Gasteiger partial charge in [0, 0.05) is 18.2 Å². The van der Waals surface area contributed by atoms with Crippen molar-refractivity contribution in [2.45, 2.75) is 19.9 Å². The van der Waals surface area contributed by atoms with Crippen LogP contribution in [-0.2, 0) is 13.0 Å². The molecule has 2 N–H and O–H groups in total. The van der Waals surface area contributed by atoms with Crippen molar-refractivity contribution in [1.82, 2.24) is 14.5 Å². The molecule has 1 aromatic carbocycles. The lowest BCUT2D eigenvalue weighted by atomic mass is 10.2. The molecule has 0 radical (unpaired) electrons. The molecule has 2 heterocycles. The highest BCUT2D eigenvalue weighted by Gasteiger charge is 2.09. The molecule has 0 aliphatic heterocycles. The van der Waals surface area contributed by atoms with E-state index in [1.807, 2.05) is 42.0 Å². The summed E-state index contributed by atoms with van der Waals surface area (Å²) in [5.41, 5.74) is 8.27. The van der Waals surface area contributed by atoms with E-state index in [4.69, 9.17) is 14.9 Å². The highest BCUT2D eigenvalue weighted by molar-refractivity contribution is 5.56. The van der Waals surface area contributed by atoms with Crippen LogP contribution in [-0.4, -0.2) is 27.7 Å². The highest BCUT2D eigenvalue weighted by atomic mass is 16.5. The maximum absolute atomic E-state index is 5.59. The minimum absolute atomic E-state index is 0.587. The molecule has 0 bridgehead atoms. The molecule has 3 rings (SSSR count). The van der Waals surface area contributed by atoms with Gasteiger partial charge in [0.05, 0.1) is 30.9 Å². The SMILES string of the molecule is CCOc1cccc(-c2nc(Cn3cnc(CCN)c3)co2)c1. The van der Waals surface area contributed by atoms with Crippen LogP contribution in [0.1, 0.15) is 18.3 Å². The molecule has 3 aromatic rings. The van der Waals surface area contributed by atoms with Crippen LogP contribution in [0.4, 0.5) is 0 Å². The Labute approximate surface area is 134 Å². The summed E-state index contributed by atoms with van der Waals surface area (Å²) in [7, 11) is 0. The second-order valence-corrected chi connectivity index (χ2v) is 5.18. The van der Waals surface area contributed by atoms with Gasteiger partial charge in [0.15, 0.2) is 0 Å². The zero-order valence-electron chi connectivity index (χ0n) is 13.1. The van der Waals surface area contributed by atoms with Gasteiger partial charge in [-0.25, -0.2) is 9.97 Å². The average Bonchev–Trinajstić information content (AvgIpc) is 3.19. The van der Waals surface area contributed by atoms with Gasteiger partial charge in [0.2, 0.25) is 5.89 Å². The van der Waals surface area contributed by atoms with Crippen LogP contribution < -0.4 is 10.5 Å². The van der Waals surface area contributed by atoms with Crippen molar-refractivity contribution in [2.24, 2.45) is 5.73 Å². The van der Waals surface area contributed by atoms with E-state index in [0.717, 1.165) is 29.1 Å². The van der Waals surface area contributed by atoms with Crippen molar-refractivity contribution in [1.29, 1.82) is 0 Å². The second-order valence-electron chi connectivity index (χ2n) is 5.18. The van der Waals surface area contributed by atoms with Gasteiger partial charge < -0.3 is 19.5 Å². The van der Waals surface area contributed by atoms with Crippen LogP contribution in [0.2, 0.25) is 0 Å². The summed E-state index contributed by atoms with van der Waals surface area (Å²) in [6.45, 7) is 3.81. The molecule has 23 heavy (non-hydrogen) atoms. The van der Waals surface area contributed by atoms with Gasteiger partial charge in [-0.1, -0.05) is 6.07 Å².